The van der Waals surface area contributed by atoms with Crippen LogP contribution in [0.2, 0.25) is 0 Å². The van der Waals surface area contributed by atoms with Crippen molar-refractivity contribution in [1.82, 2.24) is 0 Å². The summed E-state index contributed by atoms with van der Waals surface area (Å²) in [5, 5.41) is 0. The molecule has 0 radical (unpaired) electrons. The standard InChI is InChI=1S/C7H11NO2/c1-7(2)9-5-3-8-4-6(5)10-7/h3,5-6H,4H2,1-2H3/t5-,6+/m0/s1. The predicted molar refractivity (Wildman–Crippen MR) is 37.2 cm³/mol. The van der Waals surface area contributed by atoms with Gasteiger partial charge in [-0.2, -0.15) is 0 Å². The van der Waals surface area contributed by atoms with Crippen LogP contribution < -0.4 is 0 Å². The number of ether oxygens (including phenoxy) is 2. The molecule has 0 N–H and O–H groups in total. The van der Waals surface area contributed by atoms with E-state index in [9.17, 15) is 0 Å². The van der Waals surface area contributed by atoms with E-state index in [0.29, 0.717) is 0 Å². The quantitative estimate of drug-likeness (QED) is 0.494. The fourth-order valence-corrected chi connectivity index (χ4v) is 1.40. The van der Waals surface area contributed by atoms with Crippen LogP contribution >= 0.6 is 0 Å². The molecule has 1 saturated heterocycles. The summed E-state index contributed by atoms with van der Waals surface area (Å²) in [5.74, 6) is -0.401. The largest absolute Gasteiger partial charge is 0.342 e. The van der Waals surface area contributed by atoms with Crippen LogP contribution in [0.1, 0.15) is 13.8 Å². The second-order valence-electron chi connectivity index (χ2n) is 3.15. The van der Waals surface area contributed by atoms with E-state index in [4.69, 9.17) is 9.47 Å². The maximum absolute atomic E-state index is 5.53. The summed E-state index contributed by atoms with van der Waals surface area (Å²) in [6, 6.07) is 0. The molecule has 0 aromatic carbocycles. The molecule has 2 atom stereocenters. The van der Waals surface area contributed by atoms with Gasteiger partial charge >= 0.3 is 0 Å². The van der Waals surface area contributed by atoms with Crippen LogP contribution in [-0.2, 0) is 9.47 Å². The molecule has 0 saturated carbocycles. The molecule has 3 nitrogen and oxygen atoms in total. The topological polar surface area (TPSA) is 30.8 Å². The maximum atomic E-state index is 5.53. The number of fused-ring (bicyclic) bond motifs is 1. The van der Waals surface area contributed by atoms with Crippen molar-refractivity contribution in [2.24, 2.45) is 4.99 Å². The van der Waals surface area contributed by atoms with Crippen molar-refractivity contribution in [2.45, 2.75) is 31.8 Å². The minimum atomic E-state index is -0.401. The monoisotopic (exact) mass is 141 g/mol. The lowest BCUT2D eigenvalue weighted by Gasteiger charge is -2.16. The third-order valence-electron chi connectivity index (χ3n) is 1.76. The predicted octanol–water partition coefficient (Wildman–Crippen LogP) is 0.591. The average molecular weight is 141 g/mol. The number of rotatable bonds is 0. The van der Waals surface area contributed by atoms with E-state index in [1.165, 1.54) is 0 Å². The Morgan fingerprint density at radius 3 is 3.00 bits per heavy atom. The Morgan fingerprint density at radius 1 is 1.50 bits per heavy atom. The van der Waals surface area contributed by atoms with E-state index in [0.717, 1.165) is 6.54 Å². The maximum Gasteiger partial charge on any atom is 0.164 e. The molecule has 0 aromatic heterocycles. The zero-order valence-corrected chi connectivity index (χ0v) is 6.20. The molecular weight excluding hydrogens is 130 g/mol. The van der Waals surface area contributed by atoms with Gasteiger partial charge in [0, 0.05) is 6.21 Å². The highest BCUT2D eigenvalue weighted by Crippen LogP contribution is 2.29. The summed E-state index contributed by atoms with van der Waals surface area (Å²) in [5.41, 5.74) is 0. The molecule has 3 heteroatoms. The van der Waals surface area contributed by atoms with Crippen molar-refractivity contribution in [3.05, 3.63) is 0 Å². The van der Waals surface area contributed by atoms with Crippen molar-refractivity contribution >= 4 is 6.21 Å². The van der Waals surface area contributed by atoms with E-state index in [1.807, 2.05) is 20.1 Å². The number of nitrogens with zero attached hydrogens (tertiary/aromatic N) is 1. The van der Waals surface area contributed by atoms with Gasteiger partial charge < -0.3 is 9.47 Å². The van der Waals surface area contributed by atoms with Crippen LogP contribution in [0.5, 0.6) is 0 Å². The summed E-state index contributed by atoms with van der Waals surface area (Å²) < 4.78 is 11.0. The zero-order valence-electron chi connectivity index (χ0n) is 6.20. The molecular formula is C7H11NO2. The van der Waals surface area contributed by atoms with Gasteiger partial charge in [0.25, 0.3) is 0 Å². The van der Waals surface area contributed by atoms with Crippen LogP contribution in [0.15, 0.2) is 4.99 Å². The summed E-state index contributed by atoms with van der Waals surface area (Å²) in [6.45, 7) is 4.62. The smallest absolute Gasteiger partial charge is 0.164 e. The highest BCUT2D eigenvalue weighted by atomic mass is 16.8. The third kappa shape index (κ3) is 0.859. The lowest BCUT2D eigenvalue weighted by Crippen LogP contribution is -2.22. The van der Waals surface area contributed by atoms with Gasteiger partial charge in [0.2, 0.25) is 0 Å². The Labute approximate surface area is 60.0 Å². The Morgan fingerprint density at radius 2 is 2.30 bits per heavy atom. The van der Waals surface area contributed by atoms with Gasteiger partial charge in [-0.1, -0.05) is 0 Å². The van der Waals surface area contributed by atoms with Gasteiger partial charge in [-0.05, 0) is 13.8 Å². The Hall–Kier alpha value is -0.410. The van der Waals surface area contributed by atoms with Gasteiger partial charge in [-0.3, -0.25) is 4.99 Å². The fraction of sp³-hybridized carbons (Fsp3) is 0.857. The lowest BCUT2D eigenvalue weighted by molar-refractivity contribution is -0.141. The van der Waals surface area contributed by atoms with Crippen LogP contribution in [0.3, 0.4) is 0 Å². The fourth-order valence-electron chi connectivity index (χ4n) is 1.40. The first kappa shape index (κ1) is 6.31. The first-order chi connectivity index (χ1) is 4.67. The van der Waals surface area contributed by atoms with Crippen LogP contribution in [0, 0.1) is 0 Å². The average Bonchev–Trinajstić information content (AvgIpc) is 2.20. The molecule has 0 aromatic rings. The zero-order chi connectivity index (χ0) is 7.19. The number of aliphatic imine (C=N–C) groups is 1. The van der Waals surface area contributed by atoms with Crippen molar-refractivity contribution in [1.29, 1.82) is 0 Å². The van der Waals surface area contributed by atoms with E-state index in [1.54, 1.807) is 0 Å². The van der Waals surface area contributed by atoms with E-state index in [-0.39, 0.29) is 12.2 Å². The number of hydrogen-bond donors (Lipinski definition) is 0. The molecule has 2 rings (SSSR count). The van der Waals surface area contributed by atoms with E-state index in [2.05, 4.69) is 4.99 Å². The van der Waals surface area contributed by atoms with Gasteiger partial charge in [0.1, 0.15) is 12.2 Å². The molecule has 10 heavy (non-hydrogen) atoms. The minimum Gasteiger partial charge on any atom is -0.342 e. The molecule has 56 valence electrons. The molecule has 0 aliphatic carbocycles. The van der Waals surface area contributed by atoms with Crippen molar-refractivity contribution in [3.8, 4) is 0 Å². The summed E-state index contributed by atoms with van der Waals surface area (Å²) in [4.78, 5) is 4.06. The minimum absolute atomic E-state index is 0.106. The highest BCUT2D eigenvalue weighted by molar-refractivity contribution is 5.67. The normalized spacial score (nSPS) is 42.2. The van der Waals surface area contributed by atoms with Crippen molar-refractivity contribution in [2.75, 3.05) is 6.54 Å². The van der Waals surface area contributed by atoms with Gasteiger partial charge in [0.05, 0.1) is 6.54 Å². The summed E-state index contributed by atoms with van der Waals surface area (Å²) >= 11 is 0. The Bertz CT molecular complexity index is 176. The molecule has 2 aliphatic rings. The second-order valence-corrected chi connectivity index (χ2v) is 3.15. The molecule has 0 amide bonds. The third-order valence-corrected chi connectivity index (χ3v) is 1.76. The van der Waals surface area contributed by atoms with E-state index >= 15 is 0 Å². The molecule has 1 fully saturated rings. The Kier molecular flexibility index (Phi) is 1.13. The summed E-state index contributed by atoms with van der Waals surface area (Å²) in [6.07, 6.45) is 2.12. The highest BCUT2D eigenvalue weighted by Gasteiger charge is 2.42. The second kappa shape index (κ2) is 1.80. The van der Waals surface area contributed by atoms with Crippen molar-refractivity contribution in [3.63, 3.8) is 0 Å². The molecule has 2 aliphatic heterocycles. The first-order valence-corrected chi connectivity index (χ1v) is 3.53. The van der Waals surface area contributed by atoms with Crippen LogP contribution in [-0.4, -0.2) is 30.8 Å². The lowest BCUT2D eigenvalue weighted by atomic mass is 10.3. The number of hydrogen-bond acceptors (Lipinski definition) is 3. The van der Waals surface area contributed by atoms with Crippen molar-refractivity contribution < 1.29 is 9.47 Å². The Balaban J connectivity index is 2.13. The summed E-state index contributed by atoms with van der Waals surface area (Å²) in [7, 11) is 0. The molecule has 2 heterocycles. The van der Waals surface area contributed by atoms with Gasteiger partial charge in [0.15, 0.2) is 5.79 Å². The van der Waals surface area contributed by atoms with E-state index < -0.39 is 5.79 Å². The van der Waals surface area contributed by atoms with Crippen LogP contribution in [0.25, 0.3) is 0 Å². The molecule has 0 unspecified atom stereocenters. The SMILES string of the molecule is CC1(C)O[C@H]2C=NC[C@H]2O1. The van der Waals surface area contributed by atoms with Crippen LogP contribution in [0.4, 0.5) is 0 Å². The molecule has 0 spiro atoms. The van der Waals surface area contributed by atoms with Gasteiger partial charge in [-0.15, -0.1) is 0 Å². The molecule has 0 bridgehead atoms. The first-order valence-electron chi connectivity index (χ1n) is 3.53. The van der Waals surface area contributed by atoms with Gasteiger partial charge in [-0.25, -0.2) is 0 Å².